The van der Waals surface area contributed by atoms with Crippen molar-refractivity contribution in [3.63, 3.8) is 0 Å². The second kappa shape index (κ2) is 6.04. The SMILES string of the molecule is Nc1c(-c2ccc(O)cc2)ncnc1-c1ccc(C(F)(F)F)cc1F. The molecule has 1 heterocycles. The quantitative estimate of drug-likeness (QED) is 0.678. The van der Waals surface area contributed by atoms with Gasteiger partial charge in [0, 0.05) is 11.1 Å². The standard InChI is InChI=1S/C17H11F4N3O/c18-13-7-10(17(19,20)21)3-6-12(13)16-14(22)15(23-8-24-16)9-1-4-11(25)5-2-9/h1-8,25H,22H2. The topological polar surface area (TPSA) is 72.0 Å². The van der Waals surface area contributed by atoms with Crippen LogP contribution in [0.15, 0.2) is 48.8 Å². The van der Waals surface area contributed by atoms with E-state index in [1.54, 1.807) is 12.1 Å². The van der Waals surface area contributed by atoms with E-state index in [4.69, 9.17) is 5.73 Å². The summed E-state index contributed by atoms with van der Waals surface area (Å²) in [7, 11) is 0. The lowest BCUT2D eigenvalue weighted by Gasteiger charge is -2.12. The second-order valence-corrected chi connectivity index (χ2v) is 5.22. The molecule has 1 aromatic heterocycles. The lowest BCUT2D eigenvalue weighted by Crippen LogP contribution is -2.06. The van der Waals surface area contributed by atoms with Crippen molar-refractivity contribution in [3.8, 4) is 28.3 Å². The number of halogens is 4. The highest BCUT2D eigenvalue weighted by atomic mass is 19.4. The van der Waals surface area contributed by atoms with Crippen molar-refractivity contribution in [2.24, 2.45) is 0 Å². The molecule has 128 valence electrons. The number of aromatic hydroxyl groups is 1. The zero-order chi connectivity index (χ0) is 18.2. The van der Waals surface area contributed by atoms with Crippen molar-refractivity contribution < 1.29 is 22.7 Å². The fraction of sp³-hybridized carbons (Fsp3) is 0.0588. The maximum atomic E-state index is 14.2. The molecular formula is C17H11F4N3O. The van der Waals surface area contributed by atoms with Gasteiger partial charge >= 0.3 is 6.18 Å². The molecule has 3 rings (SSSR count). The highest BCUT2D eigenvalue weighted by Gasteiger charge is 2.31. The van der Waals surface area contributed by atoms with Crippen LogP contribution in [0.4, 0.5) is 23.2 Å². The van der Waals surface area contributed by atoms with Gasteiger partial charge in [0.25, 0.3) is 0 Å². The molecule has 3 aromatic rings. The first-order valence-electron chi connectivity index (χ1n) is 7.04. The Morgan fingerprint density at radius 2 is 1.56 bits per heavy atom. The van der Waals surface area contributed by atoms with Crippen LogP contribution in [0.25, 0.3) is 22.5 Å². The zero-order valence-electron chi connectivity index (χ0n) is 12.5. The minimum absolute atomic E-state index is 0.00991. The van der Waals surface area contributed by atoms with Crippen LogP contribution in [-0.4, -0.2) is 15.1 Å². The van der Waals surface area contributed by atoms with Crippen LogP contribution < -0.4 is 5.73 Å². The Labute approximate surface area is 139 Å². The third kappa shape index (κ3) is 3.23. The summed E-state index contributed by atoms with van der Waals surface area (Å²) >= 11 is 0. The Balaban J connectivity index is 2.10. The highest BCUT2D eigenvalue weighted by molar-refractivity contribution is 5.84. The number of hydrogen-bond donors (Lipinski definition) is 2. The number of anilines is 1. The van der Waals surface area contributed by atoms with Gasteiger partial charge < -0.3 is 10.8 Å². The number of benzene rings is 2. The van der Waals surface area contributed by atoms with Gasteiger partial charge in [0.15, 0.2) is 0 Å². The predicted molar refractivity (Wildman–Crippen MR) is 83.9 cm³/mol. The number of nitrogen functional groups attached to an aromatic ring is 1. The number of hydrogen-bond acceptors (Lipinski definition) is 4. The lowest BCUT2D eigenvalue weighted by molar-refractivity contribution is -0.137. The minimum atomic E-state index is -4.65. The van der Waals surface area contributed by atoms with Crippen molar-refractivity contribution in [1.29, 1.82) is 0 Å². The van der Waals surface area contributed by atoms with E-state index in [9.17, 15) is 22.7 Å². The maximum Gasteiger partial charge on any atom is 0.416 e. The molecule has 8 heteroatoms. The predicted octanol–water partition coefficient (Wildman–Crippen LogP) is 4.26. The minimum Gasteiger partial charge on any atom is -0.508 e. The van der Waals surface area contributed by atoms with E-state index in [2.05, 4.69) is 9.97 Å². The number of alkyl halides is 3. The molecule has 4 nitrogen and oxygen atoms in total. The molecule has 0 bridgehead atoms. The summed E-state index contributed by atoms with van der Waals surface area (Å²) in [4.78, 5) is 7.93. The summed E-state index contributed by atoms with van der Waals surface area (Å²) in [5.74, 6) is -1.04. The smallest absolute Gasteiger partial charge is 0.416 e. The van der Waals surface area contributed by atoms with Crippen molar-refractivity contribution in [2.75, 3.05) is 5.73 Å². The van der Waals surface area contributed by atoms with E-state index in [0.717, 1.165) is 18.5 Å². The van der Waals surface area contributed by atoms with E-state index in [1.807, 2.05) is 0 Å². The molecular weight excluding hydrogens is 338 g/mol. The van der Waals surface area contributed by atoms with E-state index in [-0.39, 0.29) is 28.4 Å². The van der Waals surface area contributed by atoms with Crippen molar-refractivity contribution >= 4 is 5.69 Å². The molecule has 0 unspecified atom stereocenters. The van der Waals surface area contributed by atoms with Crippen LogP contribution in [0.2, 0.25) is 0 Å². The molecule has 0 fully saturated rings. The molecule has 0 aliphatic rings. The molecule has 0 radical (unpaired) electrons. The summed E-state index contributed by atoms with van der Waals surface area (Å²) in [6.45, 7) is 0. The van der Waals surface area contributed by atoms with Gasteiger partial charge in [-0.05, 0) is 42.5 Å². The molecule has 0 saturated carbocycles. The first-order valence-corrected chi connectivity index (χ1v) is 7.04. The summed E-state index contributed by atoms with van der Waals surface area (Å²) in [6.07, 6.45) is -3.50. The molecule has 0 saturated heterocycles. The van der Waals surface area contributed by atoms with E-state index < -0.39 is 17.6 Å². The van der Waals surface area contributed by atoms with Gasteiger partial charge in [-0.3, -0.25) is 0 Å². The highest BCUT2D eigenvalue weighted by Crippen LogP contribution is 2.36. The van der Waals surface area contributed by atoms with E-state index in [0.29, 0.717) is 11.6 Å². The van der Waals surface area contributed by atoms with Crippen LogP contribution in [0.3, 0.4) is 0 Å². The molecule has 0 atom stereocenters. The molecule has 0 amide bonds. The summed E-state index contributed by atoms with van der Waals surface area (Å²) in [5, 5.41) is 9.33. The first kappa shape index (κ1) is 16.7. The number of phenolic OH excluding ortho intramolecular Hbond substituents is 1. The van der Waals surface area contributed by atoms with E-state index in [1.165, 1.54) is 12.1 Å². The average Bonchev–Trinajstić information content (AvgIpc) is 2.55. The van der Waals surface area contributed by atoms with Gasteiger partial charge in [-0.2, -0.15) is 13.2 Å². The number of nitrogens with two attached hydrogens (primary N) is 1. The summed E-state index contributed by atoms with van der Waals surface area (Å²) in [5.41, 5.74) is 5.58. The third-order valence-corrected chi connectivity index (χ3v) is 3.58. The molecule has 2 aromatic carbocycles. The van der Waals surface area contributed by atoms with Crippen LogP contribution in [0.1, 0.15) is 5.56 Å². The zero-order valence-corrected chi connectivity index (χ0v) is 12.5. The van der Waals surface area contributed by atoms with Gasteiger partial charge in [0.2, 0.25) is 0 Å². The van der Waals surface area contributed by atoms with Gasteiger partial charge in [-0.1, -0.05) is 0 Å². The molecule has 0 aliphatic carbocycles. The van der Waals surface area contributed by atoms with Crippen LogP contribution in [-0.2, 0) is 6.18 Å². The molecule has 0 aliphatic heterocycles. The Kier molecular flexibility index (Phi) is 4.03. The molecule has 0 spiro atoms. The molecule has 3 N–H and O–H groups in total. The molecule has 25 heavy (non-hydrogen) atoms. The fourth-order valence-electron chi connectivity index (χ4n) is 2.34. The Morgan fingerprint density at radius 3 is 2.16 bits per heavy atom. The Bertz CT molecular complexity index is 924. The fourth-order valence-corrected chi connectivity index (χ4v) is 2.34. The number of nitrogens with zero attached hydrogens (tertiary/aromatic N) is 2. The normalized spacial score (nSPS) is 11.5. The number of rotatable bonds is 2. The van der Waals surface area contributed by atoms with Crippen molar-refractivity contribution in [1.82, 2.24) is 9.97 Å². The van der Waals surface area contributed by atoms with Gasteiger partial charge in [0.1, 0.15) is 23.6 Å². The Morgan fingerprint density at radius 1 is 0.920 bits per heavy atom. The van der Waals surface area contributed by atoms with Crippen molar-refractivity contribution in [3.05, 3.63) is 60.2 Å². The maximum absolute atomic E-state index is 14.2. The van der Waals surface area contributed by atoms with Crippen LogP contribution >= 0.6 is 0 Å². The van der Waals surface area contributed by atoms with Crippen LogP contribution in [0, 0.1) is 5.82 Å². The summed E-state index contributed by atoms with van der Waals surface area (Å²) < 4.78 is 52.2. The average molecular weight is 349 g/mol. The largest absolute Gasteiger partial charge is 0.508 e. The van der Waals surface area contributed by atoms with Crippen LogP contribution in [0.5, 0.6) is 5.75 Å². The summed E-state index contributed by atoms with van der Waals surface area (Å²) in [6, 6.07) is 8.11. The van der Waals surface area contributed by atoms with Gasteiger partial charge in [-0.15, -0.1) is 0 Å². The third-order valence-electron chi connectivity index (χ3n) is 3.58. The van der Waals surface area contributed by atoms with Gasteiger partial charge in [-0.25, -0.2) is 14.4 Å². The second-order valence-electron chi connectivity index (χ2n) is 5.22. The van der Waals surface area contributed by atoms with Crippen molar-refractivity contribution in [2.45, 2.75) is 6.18 Å². The number of aromatic nitrogens is 2. The monoisotopic (exact) mass is 349 g/mol. The Hall–Kier alpha value is -3.16. The van der Waals surface area contributed by atoms with Gasteiger partial charge in [0.05, 0.1) is 16.9 Å². The number of phenols is 1. The lowest BCUT2D eigenvalue weighted by atomic mass is 10.0. The van der Waals surface area contributed by atoms with E-state index >= 15 is 0 Å². The first-order chi connectivity index (χ1) is 11.8.